The van der Waals surface area contributed by atoms with Crippen LogP contribution in [0.1, 0.15) is 80.1 Å². The number of nitrogens with one attached hydrogen (secondary N) is 1. The van der Waals surface area contributed by atoms with Crippen LogP contribution >= 0.6 is 0 Å². The van der Waals surface area contributed by atoms with Crippen molar-refractivity contribution in [1.82, 2.24) is 15.0 Å². The van der Waals surface area contributed by atoms with Gasteiger partial charge in [-0.05, 0) is 88.1 Å². The number of aliphatic hydroxyl groups is 2. The molecule has 0 bridgehead atoms. The van der Waals surface area contributed by atoms with E-state index in [4.69, 9.17) is 4.74 Å². The highest BCUT2D eigenvalue weighted by atomic mass is 16.5. The Morgan fingerprint density at radius 1 is 1.02 bits per heavy atom. The van der Waals surface area contributed by atoms with Crippen molar-refractivity contribution in [2.24, 2.45) is 5.92 Å². The summed E-state index contributed by atoms with van der Waals surface area (Å²) in [6, 6.07) is 21.7. The number of carbonyl (C=O) groups is 2. The van der Waals surface area contributed by atoms with Gasteiger partial charge in [-0.3, -0.25) is 14.3 Å². The van der Waals surface area contributed by atoms with Gasteiger partial charge in [-0.15, -0.1) is 5.10 Å². The molecule has 1 aliphatic heterocycles. The van der Waals surface area contributed by atoms with Crippen LogP contribution in [0.5, 0.6) is 5.75 Å². The maximum Gasteiger partial charge on any atom is 0.264 e. The number of carbonyl (C=O) groups excluding carboxylic acids is 2. The fourth-order valence-electron chi connectivity index (χ4n) is 6.37. The van der Waals surface area contributed by atoms with Crippen LogP contribution in [-0.4, -0.2) is 57.3 Å². The fraction of sp³-hybridized carbons (Fsp3) is 0.333. The third-order valence-corrected chi connectivity index (χ3v) is 9.50. The molecule has 0 saturated heterocycles. The van der Waals surface area contributed by atoms with Crippen LogP contribution in [0, 0.1) is 5.92 Å². The molecule has 10 heteroatoms. The number of benzene rings is 3. The van der Waals surface area contributed by atoms with Gasteiger partial charge in [0, 0.05) is 42.0 Å². The minimum Gasteiger partial charge on any atom is -0.497 e. The standard InChI is InChI=1S/C42H49N5O5/c1-29(2)12-11-13-30(3)23-25-47-39-22-19-34(43-40(49)33-17-20-35(52-5)21-18-33)26-37(39)42(51,41(47)50)31(4)14-9-10-24-46-27-38(44-45-46)36(28-48)32-15-7-6-8-16-32/h6-9,12,14-23,26-27,31,36,48,51H,10-11,13,24-25,28H2,1-5H3,(H,43,49)/b14-9+,30-23+/t31-,36?,42+/m0/s1. The van der Waals surface area contributed by atoms with Crippen molar-refractivity contribution in [1.29, 1.82) is 0 Å². The summed E-state index contributed by atoms with van der Waals surface area (Å²) < 4.78 is 6.94. The SMILES string of the molecule is COc1ccc(C(=O)Nc2ccc3c(c2)[C@](O)([C@@H](C)/C=C/CCn2cc(C(CO)c4ccccc4)nn2)C(=O)N3C/C=C(\C)CCC=C(C)C)cc1. The summed E-state index contributed by atoms with van der Waals surface area (Å²) in [6.07, 6.45) is 12.2. The number of hydrogen-bond donors (Lipinski definition) is 3. The number of rotatable bonds is 16. The molecular weight excluding hydrogens is 654 g/mol. The Morgan fingerprint density at radius 2 is 1.77 bits per heavy atom. The topological polar surface area (TPSA) is 130 Å². The van der Waals surface area contributed by atoms with Crippen molar-refractivity contribution in [3.63, 3.8) is 0 Å². The largest absolute Gasteiger partial charge is 0.497 e. The molecule has 0 fully saturated rings. The summed E-state index contributed by atoms with van der Waals surface area (Å²) in [5.74, 6) is -0.949. The van der Waals surface area contributed by atoms with Crippen LogP contribution in [0.4, 0.5) is 11.4 Å². The van der Waals surface area contributed by atoms with E-state index in [0.717, 1.165) is 24.0 Å². The Labute approximate surface area is 306 Å². The lowest BCUT2D eigenvalue weighted by Crippen LogP contribution is -2.44. The molecule has 2 heterocycles. The first-order chi connectivity index (χ1) is 25.0. The molecule has 0 saturated carbocycles. The molecule has 1 unspecified atom stereocenters. The third kappa shape index (κ3) is 8.75. The summed E-state index contributed by atoms with van der Waals surface area (Å²) in [5, 5.41) is 33.8. The predicted molar refractivity (Wildman–Crippen MR) is 204 cm³/mol. The number of nitrogens with zero attached hydrogens (tertiary/aromatic N) is 4. The van der Waals surface area contributed by atoms with Crippen molar-refractivity contribution in [3.05, 3.63) is 137 Å². The number of fused-ring (bicyclic) bond motifs is 1. The molecule has 10 nitrogen and oxygen atoms in total. The van der Waals surface area contributed by atoms with Gasteiger partial charge >= 0.3 is 0 Å². The molecule has 272 valence electrons. The van der Waals surface area contributed by atoms with E-state index in [-0.39, 0.29) is 18.4 Å². The number of ether oxygens (including phenoxy) is 1. The maximum atomic E-state index is 14.2. The first-order valence-electron chi connectivity index (χ1n) is 17.7. The van der Waals surface area contributed by atoms with E-state index >= 15 is 0 Å². The van der Waals surface area contributed by atoms with E-state index in [1.54, 1.807) is 59.2 Å². The zero-order valence-electron chi connectivity index (χ0n) is 30.6. The molecule has 1 aromatic heterocycles. The number of amides is 2. The minimum atomic E-state index is -1.86. The monoisotopic (exact) mass is 703 g/mol. The van der Waals surface area contributed by atoms with E-state index in [1.165, 1.54) is 5.57 Å². The molecule has 0 spiro atoms. The van der Waals surface area contributed by atoms with Crippen LogP contribution in [0.25, 0.3) is 0 Å². The van der Waals surface area contributed by atoms with Crippen molar-refractivity contribution >= 4 is 23.2 Å². The van der Waals surface area contributed by atoms with E-state index in [9.17, 15) is 19.8 Å². The van der Waals surface area contributed by atoms with Crippen molar-refractivity contribution in [3.8, 4) is 5.75 Å². The molecule has 3 aromatic carbocycles. The number of allylic oxidation sites excluding steroid dienone is 4. The second-order valence-corrected chi connectivity index (χ2v) is 13.5. The van der Waals surface area contributed by atoms with Crippen molar-refractivity contribution in [2.75, 3.05) is 30.5 Å². The number of aryl methyl sites for hydroxylation is 1. The number of aromatic nitrogens is 3. The normalized spacial score (nSPS) is 16.9. The molecule has 0 aliphatic carbocycles. The van der Waals surface area contributed by atoms with E-state index in [0.29, 0.717) is 53.5 Å². The predicted octanol–water partition coefficient (Wildman–Crippen LogP) is 7.17. The summed E-state index contributed by atoms with van der Waals surface area (Å²) in [4.78, 5) is 28.9. The van der Waals surface area contributed by atoms with Gasteiger partial charge in [0.15, 0.2) is 5.60 Å². The van der Waals surface area contributed by atoms with E-state index in [1.807, 2.05) is 61.7 Å². The quantitative estimate of drug-likeness (QED) is 0.106. The summed E-state index contributed by atoms with van der Waals surface area (Å²) >= 11 is 0. The Kier molecular flexibility index (Phi) is 12.6. The fourth-order valence-corrected chi connectivity index (χ4v) is 6.37. The average molecular weight is 704 g/mol. The molecular formula is C42H49N5O5. The van der Waals surface area contributed by atoms with Gasteiger partial charge in [0.05, 0.1) is 31.0 Å². The lowest BCUT2D eigenvalue weighted by atomic mass is 9.82. The van der Waals surface area contributed by atoms with Crippen LogP contribution in [0.2, 0.25) is 0 Å². The smallest absolute Gasteiger partial charge is 0.264 e. The molecule has 3 N–H and O–H groups in total. The highest BCUT2D eigenvalue weighted by molar-refractivity contribution is 6.09. The zero-order chi connectivity index (χ0) is 37.3. The van der Waals surface area contributed by atoms with Crippen LogP contribution in [-0.2, 0) is 16.9 Å². The van der Waals surface area contributed by atoms with Crippen LogP contribution in [0.15, 0.2) is 114 Å². The van der Waals surface area contributed by atoms with E-state index in [2.05, 4.69) is 42.5 Å². The molecule has 0 radical (unpaired) electrons. The van der Waals surface area contributed by atoms with Gasteiger partial charge in [0.2, 0.25) is 0 Å². The highest BCUT2D eigenvalue weighted by Gasteiger charge is 2.52. The lowest BCUT2D eigenvalue weighted by Gasteiger charge is -2.27. The van der Waals surface area contributed by atoms with Gasteiger partial charge in [-0.1, -0.05) is 77.9 Å². The molecule has 52 heavy (non-hydrogen) atoms. The van der Waals surface area contributed by atoms with Gasteiger partial charge < -0.3 is 25.2 Å². The molecule has 1 aliphatic rings. The second-order valence-electron chi connectivity index (χ2n) is 13.5. The van der Waals surface area contributed by atoms with Gasteiger partial charge in [0.25, 0.3) is 11.8 Å². The number of anilines is 2. The zero-order valence-corrected chi connectivity index (χ0v) is 30.6. The highest BCUT2D eigenvalue weighted by Crippen LogP contribution is 2.46. The number of hydrogen-bond acceptors (Lipinski definition) is 7. The van der Waals surface area contributed by atoms with Gasteiger partial charge in [0.1, 0.15) is 5.75 Å². The lowest BCUT2D eigenvalue weighted by molar-refractivity contribution is -0.139. The Morgan fingerprint density at radius 3 is 2.46 bits per heavy atom. The molecule has 5 rings (SSSR count). The number of aliphatic hydroxyl groups excluding tert-OH is 1. The molecule has 3 atom stereocenters. The Balaban J connectivity index is 1.34. The van der Waals surface area contributed by atoms with E-state index < -0.39 is 17.4 Å². The Hall–Kier alpha value is -5.32. The maximum absolute atomic E-state index is 14.2. The van der Waals surface area contributed by atoms with Gasteiger partial charge in [-0.25, -0.2) is 0 Å². The molecule has 4 aromatic rings. The average Bonchev–Trinajstić information content (AvgIpc) is 3.70. The first-order valence-corrected chi connectivity index (χ1v) is 17.7. The first kappa shape index (κ1) is 37.9. The Bertz CT molecular complexity index is 1930. The van der Waals surface area contributed by atoms with Gasteiger partial charge in [-0.2, -0.15) is 0 Å². The minimum absolute atomic E-state index is 0.0800. The third-order valence-electron chi connectivity index (χ3n) is 9.50. The van der Waals surface area contributed by atoms with Crippen LogP contribution in [0.3, 0.4) is 0 Å². The summed E-state index contributed by atoms with van der Waals surface area (Å²) in [5.41, 5.74) is 4.18. The van der Waals surface area contributed by atoms with Crippen molar-refractivity contribution in [2.45, 2.75) is 65.0 Å². The van der Waals surface area contributed by atoms with Crippen molar-refractivity contribution < 1.29 is 24.5 Å². The summed E-state index contributed by atoms with van der Waals surface area (Å²) in [7, 11) is 1.57. The molecule has 2 amide bonds. The number of methoxy groups -OCH3 is 1. The second kappa shape index (κ2) is 17.3. The summed E-state index contributed by atoms with van der Waals surface area (Å²) in [6.45, 7) is 8.79. The van der Waals surface area contributed by atoms with Crippen LogP contribution < -0.4 is 15.0 Å².